The lowest BCUT2D eigenvalue weighted by Gasteiger charge is -2.22. The van der Waals surface area contributed by atoms with Crippen LogP contribution >= 0.6 is 0 Å². The predicted molar refractivity (Wildman–Crippen MR) is 88.5 cm³/mol. The van der Waals surface area contributed by atoms with Crippen molar-refractivity contribution in [3.8, 4) is 6.07 Å². The summed E-state index contributed by atoms with van der Waals surface area (Å²) in [5.41, 5.74) is 4.88. The third kappa shape index (κ3) is 3.67. The van der Waals surface area contributed by atoms with E-state index in [1.165, 1.54) is 16.8 Å². The highest BCUT2D eigenvalue weighted by molar-refractivity contribution is 5.75. The lowest BCUT2D eigenvalue weighted by molar-refractivity contribution is -0.107. The Balaban J connectivity index is 2.17. The Morgan fingerprint density at radius 1 is 1.36 bits per heavy atom. The topological polar surface area (TPSA) is 47.3 Å². The average molecular weight is 297 g/mol. The van der Waals surface area contributed by atoms with E-state index in [9.17, 15) is 4.79 Å². The van der Waals surface area contributed by atoms with Crippen molar-refractivity contribution in [2.24, 2.45) is 0 Å². The van der Waals surface area contributed by atoms with Crippen LogP contribution in [0.25, 0.3) is 0 Å². The van der Waals surface area contributed by atoms with Gasteiger partial charge in [0.25, 0.3) is 0 Å². The van der Waals surface area contributed by atoms with Crippen LogP contribution in [0.2, 0.25) is 0 Å². The third-order valence-corrected chi connectivity index (χ3v) is 4.33. The molecule has 1 aromatic carbocycles. The van der Waals surface area contributed by atoms with Gasteiger partial charge in [-0.15, -0.1) is 0 Å². The Morgan fingerprint density at radius 2 is 2.09 bits per heavy atom. The quantitative estimate of drug-likeness (QED) is 0.785. The lowest BCUT2D eigenvalue weighted by atomic mass is 10.0. The first-order valence-corrected chi connectivity index (χ1v) is 7.78. The van der Waals surface area contributed by atoms with Crippen LogP contribution in [0.1, 0.15) is 31.4 Å². The number of nitrogens with zero attached hydrogens (tertiary/aromatic N) is 3. The highest BCUT2D eigenvalue weighted by Crippen LogP contribution is 2.23. The minimum Gasteiger partial charge on any atom is -0.375 e. The van der Waals surface area contributed by atoms with Crippen LogP contribution in [0.5, 0.6) is 0 Å². The smallest absolute Gasteiger partial charge is 0.214 e. The molecule has 0 aromatic heterocycles. The van der Waals surface area contributed by atoms with Crippen molar-refractivity contribution >= 4 is 12.1 Å². The van der Waals surface area contributed by atoms with Gasteiger partial charge in [-0.05, 0) is 49.9 Å². The van der Waals surface area contributed by atoms with Gasteiger partial charge in [-0.1, -0.05) is 12.1 Å². The van der Waals surface area contributed by atoms with Crippen molar-refractivity contribution in [1.29, 1.82) is 5.26 Å². The van der Waals surface area contributed by atoms with Crippen molar-refractivity contribution in [2.45, 2.75) is 33.1 Å². The Labute approximate surface area is 132 Å². The SMILES string of the molecule is C/C=C(\C)N1CCc2ccc(N(C=O)CCC#N)cc2CC1. The van der Waals surface area contributed by atoms with Crippen molar-refractivity contribution in [3.05, 3.63) is 41.1 Å². The molecule has 1 amide bonds. The highest BCUT2D eigenvalue weighted by atomic mass is 16.1. The van der Waals surface area contributed by atoms with E-state index in [1.54, 1.807) is 4.90 Å². The number of amides is 1. The fourth-order valence-electron chi connectivity index (χ4n) is 2.84. The lowest BCUT2D eigenvalue weighted by Crippen LogP contribution is -2.24. The Bertz CT molecular complexity index is 601. The zero-order valence-corrected chi connectivity index (χ0v) is 13.4. The molecule has 0 aliphatic carbocycles. The largest absolute Gasteiger partial charge is 0.375 e. The highest BCUT2D eigenvalue weighted by Gasteiger charge is 2.15. The second-order valence-corrected chi connectivity index (χ2v) is 5.58. The summed E-state index contributed by atoms with van der Waals surface area (Å²) in [7, 11) is 0. The number of hydrogen-bond acceptors (Lipinski definition) is 3. The van der Waals surface area contributed by atoms with Gasteiger partial charge < -0.3 is 9.80 Å². The van der Waals surface area contributed by atoms with Crippen LogP contribution in [0, 0.1) is 11.3 Å². The van der Waals surface area contributed by atoms with E-state index >= 15 is 0 Å². The molecule has 1 heterocycles. The summed E-state index contributed by atoms with van der Waals surface area (Å²) in [6.07, 6.45) is 5.33. The second-order valence-electron chi connectivity index (χ2n) is 5.58. The zero-order valence-electron chi connectivity index (χ0n) is 13.4. The standard InChI is InChI=1S/C18H23N3O/c1-3-15(2)20-11-7-16-5-6-18(13-17(16)8-12-20)21(14-22)10-4-9-19/h3,5-6,13-14H,4,7-8,10-12H2,1-2H3/b15-3+. The van der Waals surface area contributed by atoms with Crippen molar-refractivity contribution < 1.29 is 4.79 Å². The van der Waals surface area contributed by atoms with Crippen LogP contribution in [-0.2, 0) is 17.6 Å². The van der Waals surface area contributed by atoms with Gasteiger partial charge in [0.15, 0.2) is 0 Å². The Hall–Kier alpha value is -2.28. The van der Waals surface area contributed by atoms with Crippen LogP contribution in [0.4, 0.5) is 5.69 Å². The van der Waals surface area contributed by atoms with E-state index < -0.39 is 0 Å². The minimum atomic E-state index is 0.351. The molecule has 1 aromatic rings. The average Bonchev–Trinajstić information content (AvgIpc) is 2.77. The first-order chi connectivity index (χ1) is 10.7. The molecule has 1 aliphatic heterocycles. The molecule has 0 saturated carbocycles. The molecular formula is C18H23N3O. The molecule has 4 nitrogen and oxygen atoms in total. The molecule has 4 heteroatoms. The normalized spacial score (nSPS) is 14.8. The number of anilines is 1. The monoisotopic (exact) mass is 297 g/mol. The first-order valence-electron chi connectivity index (χ1n) is 7.78. The number of carbonyl (C=O) groups excluding carboxylic acids is 1. The maximum Gasteiger partial charge on any atom is 0.214 e. The second kappa shape index (κ2) is 7.65. The van der Waals surface area contributed by atoms with E-state index in [4.69, 9.17) is 5.26 Å². The van der Waals surface area contributed by atoms with Gasteiger partial charge in [0.2, 0.25) is 6.41 Å². The summed E-state index contributed by atoms with van der Waals surface area (Å²) in [4.78, 5) is 15.3. The van der Waals surface area contributed by atoms with Crippen LogP contribution in [0.15, 0.2) is 30.0 Å². The van der Waals surface area contributed by atoms with Gasteiger partial charge in [-0.3, -0.25) is 4.79 Å². The molecular weight excluding hydrogens is 274 g/mol. The fraction of sp³-hybridized carbons (Fsp3) is 0.444. The molecule has 22 heavy (non-hydrogen) atoms. The first kappa shape index (κ1) is 16.1. The predicted octanol–water partition coefficient (Wildman–Crippen LogP) is 2.89. The summed E-state index contributed by atoms with van der Waals surface area (Å²) in [6, 6.07) is 8.31. The van der Waals surface area contributed by atoms with Crippen LogP contribution in [0.3, 0.4) is 0 Å². The molecule has 0 atom stereocenters. The molecule has 0 saturated heterocycles. The number of hydrogen-bond donors (Lipinski definition) is 0. The van der Waals surface area contributed by atoms with E-state index in [1.807, 2.05) is 6.07 Å². The summed E-state index contributed by atoms with van der Waals surface area (Å²) in [5, 5.41) is 8.69. The molecule has 0 spiro atoms. The van der Waals surface area contributed by atoms with Crippen molar-refractivity contribution in [3.63, 3.8) is 0 Å². The fourth-order valence-corrected chi connectivity index (χ4v) is 2.84. The zero-order chi connectivity index (χ0) is 15.9. The molecule has 0 bridgehead atoms. The van der Waals surface area contributed by atoms with Crippen LogP contribution in [-0.4, -0.2) is 30.9 Å². The van der Waals surface area contributed by atoms with Crippen molar-refractivity contribution in [1.82, 2.24) is 4.90 Å². The number of allylic oxidation sites excluding steroid dienone is 2. The number of benzene rings is 1. The third-order valence-electron chi connectivity index (χ3n) is 4.33. The van der Waals surface area contributed by atoms with Gasteiger partial charge in [0.1, 0.15) is 0 Å². The van der Waals surface area contributed by atoms with Gasteiger partial charge in [0, 0.05) is 31.0 Å². The maximum absolute atomic E-state index is 11.2. The Morgan fingerprint density at radius 3 is 2.73 bits per heavy atom. The summed E-state index contributed by atoms with van der Waals surface area (Å²) in [5.74, 6) is 0. The van der Waals surface area contributed by atoms with Gasteiger partial charge in [0.05, 0.1) is 12.5 Å². The molecule has 116 valence electrons. The van der Waals surface area contributed by atoms with E-state index in [2.05, 4.69) is 43.0 Å². The van der Waals surface area contributed by atoms with E-state index in [0.29, 0.717) is 13.0 Å². The molecule has 1 aliphatic rings. The molecule has 0 N–H and O–H groups in total. The minimum absolute atomic E-state index is 0.351. The number of rotatable bonds is 5. The van der Waals surface area contributed by atoms with E-state index in [0.717, 1.165) is 38.0 Å². The number of nitriles is 1. The summed E-state index contributed by atoms with van der Waals surface area (Å²) < 4.78 is 0. The maximum atomic E-state index is 11.2. The van der Waals surface area contributed by atoms with Gasteiger partial charge >= 0.3 is 0 Å². The Kier molecular flexibility index (Phi) is 5.60. The van der Waals surface area contributed by atoms with Gasteiger partial charge in [-0.2, -0.15) is 5.26 Å². The molecule has 0 fully saturated rings. The number of carbonyl (C=O) groups is 1. The summed E-state index contributed by atoms with van der Waals surface area (Å²) in [6.45, 7) is 6.71. The molecule has 2 rings (SSSR count). The molecule has 0 radical (unpaired) electrons. The van der Waals surface area contributed by atoms with E-state index in [-0.39, 0.29) is 0 Å². The summed E-state index contributed by atoms with van der Waals surface area (Å²) >= 11 is 0. The molecule has 0 unspecified atom stereocenters. The van der Waals surface area contributed by atoms with Gasteiger partial charge in [-0.25, -0.2) is 0 Å². The number of fused-ring (bicyclic) bond motifs is 1. The van der Waals surface area contributed by atoms with Crippen molar-refractivity contribution in [2.75, 3.05) is 24.5 Å². The van der Waals surface area contributed by atoms with Crippen LogP contribution < -0.4 is 4.90 Å².